The third-order valence-corrected chi connectivity index (χ3v) is 9.20. The molecule has 5 unspecified atom stereocenters. The molecule has 1 aromatic rings. The predicted octanol–water partition coefficient (Wildman–Crippen LogP) is 6.54. The number of hydrogen-bond donors (Lipinski definition) is 0. The maximum Gasteiger partial charge on any atom is 0.127 e. The van der Waals surface area contributed by atoms with Gasteiger partial charge < -0.3 is 4.79 Å². The Morgan fingerprint density at radius 2 is 1.88 bits per heavy atom. The Kier molecular flexibility index (Phi) is 4.84. The van der Waals surface area contributed by atoms with E-state index in [4.69, 9.17) is 0 Å². The van der Waals surface area contributed by atoms with Crippen LogP contribution in [0.3, 0.4) is 0 Å². The Balaban J connectivity index is 1.72. The van der Waals surface area contributed by atoms with E-state index in [0.717, 1.165) is 18.3 Å². The van der Waals surface area contributed by atoms with Crippen molar-refractivity contribution in [2.45, 2.75) is 69.4 Å². The molecule has 0 bridgehead atoms. The van der Waals surface area contributed by atoms with E-state index in [9.17, 15) is 4.79 Å². The maximum atomic E-state index is 12.1. The quantitative estimate of drug-likeness (QED) is 0.445. The smallest absolute Gasteiger partial charge is 0.127 e. The van der Waals surface area contributed by atoms with Gasteiger partial charge in [0.2, 0.25) is 0 Å². The topological polar surface area (TPSA) is 17.1 Å². The zero-order valence-electron chi connectivity index (χ0n) is 16.4. The Labute approximate surface area is 163 Å². The van der Waals surface area contributed by atoms with Crippen molar-refractivity contribution in [3.8, 4) is 0 Å². The van der Waals surface area contributed by atoms with E-state index >= 15 is 0 Å². The average Bonchev–Trinajstić information content (AvgIpc) is 2.63. The van der Waals surface area contributed by atoms with Crippen molar-refractivity contribution in [1.82, 2.24) is 0 Å². The van der Waals surface area contributed by atoms with Crippen molar-refractivity contribution < 1.29 is 4.79 Å². The molecular weight excluding hydrogens is 336 g/mol. The fourth-order valence-electron chi connectivity index (χ4n) is 6.24. The molecule has 0 N–H and O–H groups in total. The highest BCUT2D eigenvalue weighted by molar-refractivity contribution is 8.00. The Bertz CT molecular complexity index is 695. The molecule has 1 nitrogen and oxygen atoms in total. The first-order valence-corrected chi connectivity index (χ1v) is 11.2. The van der Waals surface area contributed by atoms with Crippen LogP contribution in [0.5, 0.6) is 0 Å². The number of fused-ring (bicyclic) bond motifs is 3. The molecule has 26 heavy (non-hydrogen) atoms. The van der Waals surface area contributed by atoms with E-state index in [1.807, 2.05) is 11.8 Å². The van der Waals surface area contributed by atoms with Crippen LogP contribution in [-0.4, -0.2) is 11.5 Å². The van der Waals surface area contributed by atoms with E-state index < -0.39 is 0 Å². The molecule has 0 amide bonds. The summed E-state index contributed by atoms with van der Waals surface area (Å²) >= 11 is 1.88. The minimum absolute atomic E-state index is 0.251. The summed E-state index contributed by atoms with van der Waals surface area (Å²) in [6.45, 7) is 7.20. The number of allylic oxidation sites excluding steroid dienone is 1. The minimum atomic E-state index is -0.252. The van der Waals surface area contributed by atoms with Crippen LogP contribution in [0.1, 0.15) is 59.3 Å². The standard InChI is InChI=1S/C24H32OS/c1-17-8-7-13-24(3)20(17)12-11-18-15-23(2,16-25)22(14-21(18)24)26-19-9-5-4-6-10-19/h4-6,9-10,14,16-18,20,22H,7-8,11-13,15H2,1-3H3/t17-,18?,20?,22?,23?,24?/m0/s1. The van der Waals surface area contributed by atoms with Gasteiger partial charge in [-0.2, -0.15) is 0 Å². The lowest BCUT2D eigenvalue weighted by atomic mass is 9.50. The molecule has 0 aromatic heterocycles. The van der Waals surface area contributed by atoms with Crippen molar-refractivity contribution >= 4 is 18.0 Å². The summed E-state index contributed by atoms with van der Waals surface area (Å²) in [4.78, 5) is 13.4. The predicted molar refractivity (Wildman–Crippen MR) is 110 cm³/mol. The lowest BCUT2D eigenvalue weighted by Crippen LogP contribution is -2.48. The number of rotatable bonds is 3. The summed E-state index contributed by atoms with van der Waals surface area (Å²) in [6, 6.07) is 10.6. The number of aldehydes is 1. The number of carbonyl (C=O) groups is 1. The summed E-state index contributed by atoms with van der Waals surface area (Å²) in [6.07, 6.45) is 11.6. The molecule has 3 aliphatic carbocycles. The van der Waals surface area contributed by atoms with Crippen molar-refractivity contribution in [2.24, 2.45) is 28.6 Å². The van der Waals surface area contributed by atoms with Crippen LogP contribution in [0.15, 0.2) is 46.9 Å². The van der Waals surface area contributed by atoms with Gasteiger partial charge in [0.15, 0.2) is 0 Å². The summed E-state index contributed by atoms with van der Waals surface area (Å²) in [5.41, 5.74) is 1.81. The Hall–Kier alpha value is -1.02. The zero-order valence-corrected chi connectivity index (χ0v) is 17.2. The molecule has 2 saturated carbocycles. The van der Waals surface area contributed by atoms with Gasteiger partial charge in [0.25, 0.3) is 0 Å². The molecule has 6 atom stereocenters. The normalized spacial score (nSPS) is 42.3. The van der Waals surface area contributed by atoms with Gasteiger partial charge in [-0.1, -0.05) is 63.5 Å². The van der Waals surface area contributed by atoms with Crippen LogP contribution < -0.4 is 0 Å². The lowest BCUT2D eigenvalue weighted by Gasteiger charge is -2.56. The molecule has 2 fully saturated rings. The molecule has 0 aliphatic heterocycles. The van der Waals surface area contributed by atoms with Crippen molar-refractivity contribution in [2.75, 3.05) is 0 Å². The molecule has 1 aromatic carbocycles. The van der Waals surface area contributed by atoms with Crippen molar-refractivity contribution in [3.05, 3.63) is 42.0 Å². The van der Waals surface area contributed by atoms with Gasteiger partial charge in [-0.25, -0.2) is 0 Å². The molecule has 0 radical (unpaired) electrons. The minimum Gasteiger partial charge on any atom is -0.303 e. The Morgan fingerprint density at radius 1 is 1.12 bits per heavy atom. The molecule has 0 saturated heterocycles. The fourth-order valence-corrected chi connectivity index (χ4v) is 7.48. The van der Waals surface area contributed by atoms with Gasteiger partial charge in [-0.15, -0.1) is 11.8 Å². The third-order valence-electron chi connectivity index (χ3n) is 7.73. The third kappa shape index (κ3) is 2.99. The first-order valence-electron chi connectivity index (χ1n) is 10.4. The molecule has 4 rings (SSSR count). The van der Waals surface area contributed by atoms with E-state index in [2.05, 4.69) is 57.2 Å². The van der Waals surface area contributed by atoms with Gasteiger partial charge in [0.05, 0.1) is 0 Å². The number of hydrogen-bond acceptors (Lipinski definition) is 2. The zero-order chi connectivity index (χ0) is 18.4. The van der Waals surface area contributed by atoms with Crippen LogP contribution in [0.25, 0.3) is 0 Å². The van der Waals surface area contributed by atoms with Gasteiger partial charge in [0, 0.05) is 15.6 Å². The molecule has 0 heterocycles. The van der Waals surface area contributed by atoms with Crippen LogP contribution in [0.4, 0.5) is 0 Å². The summed E-state index contributed by atoms with van der Waals surface area (Å²) < 4.78 is 0. The largest absolute Gasteiger partial charge is 0.303 e. The summed E-state index contributed by atoms with van der Waals surface area (Å²) in [7, 11) is 0. The first kappa shape index (κ1) is 18.3. The van der Waals surface area contributed by atoms with Crippen molar-refractivity contribution in [3.63, 3.8) is 0 Å². The second-order valence-electron chi connectivity index (χ2n) is 9.47. The molecule has 0 spiro atoms. The number of benzene rings is 1. The second kappa shape index (κ2) is 6.86. The summed E-state index contributed by atoms with van der Waals surface area (Å²) in [5.74, 6) is 2.29. The lowest BCUT2D eigenvalue weighted by molar-refractivity contribution is -0.116. The SMILES string of the molecule is C[C@H]1CCCC2(C)C3=CC(Sc4ccccc4)C(C)(C=O)CC3CCC12. The van der Waals surface area contributed by atoms with Gasteiger partial charge in [0.1, 0.15) is 6.29 Å². The summed E-state index contributed by atoms with van der Waals surface area (Å²) in [5, 5.41) is 0.251. The fraction of sp³-hybridized carbons (Fsp3) is 0.625. The monoisotopic (exact) mass is 368 g/mol. The molecule has 2 heteroatoms. The van der Waals surface area contributed by atoms with Crippen LogP contribution in [-0.2, 0) is 4.79 Å². The molecule has 140 valence electrons. The number of thioether (sulfide) groups is 1. The molecule has 3 aliphatic rings. The van der Waals surface area contributed by atoms with E-state index in [0.29, 0.717) is 11.3 Å². The van der Waals surface area contributed by atoms with Crippen LogP contribution in [0, 0.1) is 28.6 Å². The molecular formula is C24H32OS. The highest BCUT2D eigenvalue weighted by atomic mass is 32.2. The number of carbonyl (C=O) groups excluding carboxylic acids is 1. The van der Waals surface area contributed by atoms with E-state index in [1.165, 1.54) is 43.3 Å². The Morgan fingerprint density at radius 3 is 2.62 bits per heavy atom. The highest BCUT2D eigenvalue weighted by Gasteiger charge is 2.52. The highest BCUT2D eigenvalue weighted by Crippen LogP contribution is 2.61. The first-order chi connectivity index (χ1) is 12.5. The van der Waals surface area contributed by atoms with E-state index in [1.54, 1.807) is 5.57 Å². The van der Waals surface area contributed by atoms with Crippen LogP contribution >= 0.6 is 11.8 Å². The second-order valence-corrected chi connectivity index (χ2v) is 10.7. The maximum absolute atomic E-state index is 12.1. The van der Waals surface area contributed by atoms with Gasteiger partial charge >= 0.3 is 0 Å². The van der Waals surface area contributed by atoms with Crippen molar-refractivity contribution in [1.29, 1.82) is 0 Å². The van der Waals surface area contributed by atoms with Crippen LogP contribution in [0.2, 0.25) is 0 Å². The van der Waals surface area contributed by atoms with E-state index in [-0.39, 0.29) is 10.7 Å². The average molecular weight is 369 g/mol. The van der Waals surface area contributed by atoms with Gasteiger partial charge in [-0.3, -0.25) is 0 Å². The van der Waals surface area contributed by atoms with Gasteiger partial charge in [-0.05, 0) is 61.0 Å².